The van der Waals surface area contributed by atoms with E-state index in [4.69, 9.17) is 5.73 Å². The second-order valence-electron chi connectivity index (χ2n) is 3.55. The number of nitrogens with zero attached hydrogens (tertiary/aromatic N) is 1. The lowest BCUT2D eigenvalue weighted by atomic mass is 10.1. The predicted octanol–water partition coefficient (Wildman–Crippen LogP) is 2.19. The SMILES string of the molecule is Nc1ccc(F)c(C(=O)Nc2ccncc2F)c1. The summed E-state index contributed by atoms with van der Waals surface area (Å²) in [4.78, 5) is 15.3. The fourth-order valence-electron chi connectivity index (χ4n) is 1.38. The van der Waals surface area contributed by atoms with Gasteiger partial charge in [-0.25, -0.2) is 8.78 Å². The second-order valence-corrected chi connectivity index (χ2v) is 3.55. The van der Waals surface area contributed by atoms with Crippen molar-refractivity contribution < 1.29 is 13.6 Å². The first-order valence-corrected chi connectivity index (χ1v) is 5.04. The summed E-state index contributed by atoms with van der Waals surface area (Å²) in [5.41, 5.74) is 5.39. The number of hydrogen-bond acceptors (Lipinski definition) is 3. The van der Waals surface area contributed by atoms with Crippen LogP contribution in [0.4, 0.5) is 20.2 Å². The summed E-state index contributed by atoms with van der Waals surface area (Å²) in [6.45, 7) is 0. The average Bonchev–Trinajstić information content (AvgIpc) is 2.35. The summed E-state index contributed by atoms with van der Waals surface area (Å²) in [6.07, 6.45) is 2.26. The van der Waals surface area contributed by atoms with Crippen molar-refractivity contribution in [1.82, 2.24) is 4.98 Å². The number of hydrogen-bond donors (Lipinski definition) is 2. The van der Waals surface area contributed by atoms with E-state index < -0.39 is 17.5 Å². The van der Waals surface area contributed by atoms with Crippen molar-refractivity contribution in [2.75, 3.05) is 11.1 Å². The molecular formula is C12H9F2N3O. The Morgan fingerprint density at radius 1 is 1.22 bits per heavy atom. The van der Waals surface area contributed by atoms with Crippen LogP contribution in [0.25, 0.3) is 0 Å². The maximum Gasteiger partial charge on any atom is 0.258 e. The zero-order valence-electron chi connectivity index (χ0n) is 9.15. The Kier molecular flexibility index (Phi) is 3.18. The van der Waals surface area contributed by atoms with Crippen LogP contribution in [-0.2, 0) is 0 Å². The van der Waals surface area contributed by atoms with Crippen LogP contribution < -0.4 is 11.1 Å². The fraction of sp³-hybridized carbons (Fsp3) is 0. The van der Waals surface area contributed by atoms with Crippen molar-refractivity contribution in [2.24, 2.45) is 0 Å². The Morgan fingerprint density at radius 3 is 2.72 bits per heavy atom. The molecule has 0 saturated heterocycles. The van der Waals surface area contributed by atoms with Gasteiger partial charge in [0.2, 0.25) is 0 Å². The first-order valence-electron chi connectivity index (χ1n) is 5.04. The highest BCUT2D eigenvalue weighted by Gasteiger charge is 2.13. The van der Waals surface area contributed by atoms with Crippen molar-refractivity contribution in [3.8, 4) is 0 Å². The minimum Gasteiger partial charge on any atom is -0.399 e. The van der Waals surface area contributed by atoms with E-state index in [9.17, 15) is 13.6 Å². The number of nitrogens with one attached hydrogen (secondary N) is 1. The molecule has 4 nitrogen and oxygen atoms in total. The van der Waals surface area contributed by atoms with Crippen molar-refractivity contribution in [2.45, 2.75) is 0 Å². The minimum atomic E-state index is -0.773. The van der Waals surface area contributed by atoms with E-state index in [1.807, 2.05) is 0 Å². The molecule has 0 fully saturated rings. The maximum absolute atomic E-state index is 13.4. The number of rotatable bonds is 2. The highest BCUT2D eigenvalue weighted by atomic mass is 19.1. The molecule has 0 aliphatic rings. The van der Waals surface area contributed by atoms with Crippen molar-refractivity contribution in [1.29, 1.82) is 0 Å². The summed E-state index contributed by atoms with van der Waals surface area (Å²) in [5, 5.41) is 2.25. The molecule has 6 heteroatoms. The molecule has 1 amide bonds. The van der Waals surface area contributed by atoms with Crippen LogP contribution in [0.1, 0.15) is 10.4 Å². The van der Waals surface area contributed by atoms with Crippen molar-refractivity contribution >= 4 is 17.3 Å². The first kappa shape index (κ1) is 12.0. The van der Waals surface area contributed by atoms with Gasteiger partial charge in [0.05, 0.1) is 17.4 Å². The molecule has 1 aromatic carbocycles. The monoisotopic (exact) mass is 249 g/mol. The molecule has 0 saturated carbocycles. The maximum atomic E-state index is 13.4. The molecule has 18 heavy (non-hydrogen) atoms. The van der Waals surface area contributed by atoms with Gasteiger partial charge in [0.15, 0.2) is 5.82 Å². The van der Waals surface area contributed by atoms with Gasteiger partial charge in [-0.05, 0) is 24.3 Å². The van der Waals surface area contributed by atoms with Gasteiger partial charge in [-0.2, -0.15) is 0 Å². The van der Waals surface area contributed by atoms with E-state index in [1.54, 1.807) is 0 Å². The van der Waals surface area contributed by atoms with Crippen LogP contribution >= 0.6 is 0 Å². The molecule has 2 aromatic rings. The molecule has 2 rings (SSSR count). The largest absolute Gasteiger partial charge is 0.399 e. The Bertz CT molecular complexity index is 602. The molecule has 0 unspecified atom stereocenters. The van der Waals surface area contributed by atoms with Gasteiger partial charge in [-0.15, -0.1) is 0 Å². The number of benzene rings is 1. The molecule has 0 aliphatic heterocycles. The van der Waals surface area contributed by atoms with Crippen molar-refractivity contribution in [3.05, 3.63) is 53.9 Å². The number of anilines is 2. The summed E-state index contributed by atoms with van der Waals surface area (Å²) in [7, 11) is 0. The zero-order valence-corrected chi connectivity index (χ0v) is 9.15. The lowest BCUT2D eigenvalue weighted by molar-refractivity contribution is 0.102. The minimum absolute atomic E-state index is 0.0724. The van der Waals surface area contributed by atoms with E-state index in [1.165, 1.54) is 24.4 Å². The third-order valence-electron chi connectivity index (χ3n) is 2.26. The summed E-state index contributed by atoms with van der Waals surface area (Å²) >= 11 is 0. The van der Waals surface area contributed by atoms with Crippen molar-refractivity contribution in [3.63, 3.8) is 0 Å². The number of halogens is 2. The molecule has 0 radical (unpaired) electrons. The summed E-state index contributed by atoms with van der Waals surface area (Å²) in [6, 6.07) is 4.87. The van der Waals surface area contributed by atoms with E-state index in [-0.39, 0.29) is 16.9 Å². The quantitative estimate of drug-likeness (QED) is 0.801. The number of nitrogens with two attached hydrogens (primary N) is 1. The molecule has 0 atom stereocenters. The molecule has 1 heterocycles. The van der Waals surface area contributed by atoms with Gasteiger partial charge in [0, 0.05) is 11.9 Å². The molecule has 1 aromatic heterocycles. The van der Waals surface area contributed by atoms with E-state index in [0.717, 1.165) is 12.3 Å². The Morgan fingerprint density at radius 2 is 2.00 bits per heavy atom. The zero-order chi connectivity index (χ0) is 13.1. The highest BCUT2D eigenvalue weighted by molar-refractivity contribution is 6.05. The second kappa shape index (κ2) is 4.79. The van der Waals surface area contributed by atoms with Crippen LogP contribution in [0, 0.1) is 11.6 Å². The van der Waals surface area contributed by atoms with Gasteiger partial charge in [0.1, 0.15) is 5.82 Å². The van der Waals surface area contributed by atoms with Gasteiger partial charge in [0.25, 0.3) is 5.91 Å². The Labute approximate surface area is 101 Å². The molecule has 92 valence electrons. The number of pyridine rings is 1. The lowest BCUT2D eigenvalue weighted by Gasteiger charge is -2.07. The molecule has 0 spiro atoms. The van der Waals surface area contributed by atoms with E-state index >= 15 is 0 Å². The third kappa shape index (κ3) is 2.42. The van der Waals surface area contributed by atoms with Gasteiger partial charge >= 0.3 is 0 Å². The summed E-state index contributed by atoms with van der Waals surface area (Å²) < 4.78 is 26.7. The predicted molar refractivity (Wildman–Crippen MR) is 63.0 cm³/mol. The van der Waals surface area contributed by atoms with E-state index in [0.29, 0.717) is 0 Å². The topological polar surface area (TPSA) is 68.0 Å². The Hall–Kier alpha value is -2.50. The summed E-state index contributed by atoms with van der Waals surface area (Å²) in [5.74, 6) is -2.20. The number of aromatic nitrogens is 1. The van der Waals surface area contributed by atoms with Crippen LogP contribution in [0.15, 0.2) is 36.7 Å². The first-order chi connectivity index (χ1) is 8.58. The van der Waals surface area contributed by atoms with Crippen LogP contribution in [0.3, 0.4) is 0 Å². The van der Waals surface area contributed by atoms with Crippen LogP contribution in [0.5, 0.6) is 0 Å². The molecule has 0 bridgehead atoms. The standard InChI is InChI=1S/C12H9F2N3O/c13-9-2-1-7(15)5-8(9)12(18)17-11-3-4-16-6-10(11)14/h1-6H,15H2,(H,16,17,18). The average molecular weight is 249 g/mol. The molecule has 0 aliphatic carbocycles. The third-order valence-corrected chi connectivity index (χ3v) is 2.26. The molecular weight excluding hydrogens is 240 g/mol. The fourth-order valence-corrected chi connectivity index (χ4v) is 1.38. The van der Waals surface area contributed by atoms with Gasteiger partial charge in [-0.1, -0.05) is 0 Å². The highest BCUT2D eigenvalue weighted by Crippen LogP contribution is 2.16. The van der Waals surface area contributed by atoms with Crippen LogP contribution in [-0.4, -0.2) is 10.9 Å². The number of carbonyl (C=O) groups excluding carboxylic acids is 1. The number of amides is 1. The van der Waals surface area contributed by atoms with Gasteiger partial charge in [-0.3, -0.25) is 9.78 Å². The number of carbonyl (C=O) groups is 1. The normalized spacial score (nSPS) is 10.1. The van der Waals surface area contributed by atoms with E-state index in [2.05, 4.69) is 10.3 Å². The lowest BCUT2D eigenvalue weighted by Crippen LogP contribution is -2.15. The van der Waals surface area contributed by atoms with Crippen LogP contribution in [0.2, 0.25) is 0 Å². The Balaban J connectivity index is 2.28. The molecule has 3 N–H and O–H groups in total. The smallest absolute Gasteiger partial charge is 0.258 e. The van der Waals surface area contributed by atoms with Gasteiger partial charge < -0.3 is 11.1 Å². The number of nitrogen functional groups attached to an aromatic ring is 1.